The van der Waals surface area contributed by atoms with Gasteiger partial charge in [0, 0.05) is 18.1 Å². The number of aliphatic hydroxyl groups is 1. The Hall–Kier alpha value is -1.45. The molecule has 1 atom stereocenters. The van der Waals surface area contributed by atoms with Gasteiger partial charge in [0.2, 0.25) is 0 Å². The molecule has 1 aliphatic carbocycles. The Kier molecular flexibility index (Phi) is 2.38. The standard InChI is InChI=1S/C14H16N2O/c15-9-14(17,11-3-4-11)12-5-6-13-10(8-12)2-1-7-16-13/h1-2,5-8,11,17H,3-4,9,15H2. The summed E-state index contributed by atoms with van der Waals surface area (Å²) in [6.07, 6.45) is 3.91. The minimum absolute atomic E-state index is 0.281. The maximum Gasteiger partial charge on any atom is 0.105 e. The molecule has 3 nitrogen and oxygen atoms in total. The number of aromatic nitrogens is 1. The normalized spacial score (nSPS) is 19.2. The molecule has 1 unspecified atom stereocenters. The quantitative estimate of drug-likeness (QED) is 0.842. The zero-order valence-electron chi connectivity index (χ0n) is 9.63. The molecule has 0 amide bonds. The van der Waals surface area contributed by atoms with Crippen molar-refractivity contribution in [2.75, 3.05) is 6.54 Å². The lowest BCUT2D eigenvalue weighted by Crippen LogP contribution is -2.37. The summed E-state index contributed by atoms with van der Waals surface area (Å²) in [5, 5.41) is 11.7. The second kappa shape index (κ2) is 3.79. The maximum atomic E-state index is 10.6. The number of nitrogens with two attached hydrogens (primary N) is 1. The molecule has 1 heterocycles. The molecule has 1 aromatic carbocycles. The van der Waals surface area contributed by atoms with Crippen LogP contribution in [0.2, 0.25) is 0 Å². The summed E-state index contributed by atoms with van der Waals surface area (Å²) in [6.45, 7) is 0.281. The number of nitrogens with zero attached hydrogens (tertiary/aromatic N) is 1. The van der Waals surface area contributed by atoms with Gasteiger partial charge in [-0.05, 0) is 42.5 Å². The van der Waals surface area contributed by atoms with Gasteiger partial charge in [-0.1, -0.05) is 12.1 Å². The van der Waals surface area contributed by atoms with Crippen LogP contribution in [0.15, 0.2) is 36.5 Å². The molecular formula is C14H16N2O. The highest BCUT2D eigenvalue weighted by molar-refractivity contribution is 5.79. The van der Waals surface area contributed by atoms with Crippen LogP contribution in [-0.2, 0) is 5.60 Å². The van der Waals surface area contributed by atoms with Gasteiger partial charge in [0.25, 0.3) is 0 Å². The molecule has 3 N–H and O–H groups in total. The first kappa shape index (κ1) is 10.7. The Bertz CT molecular complexity index is 551. The smallest absolute Gasteiger partial charge is 0.105 e. The molecule has 0 aliphatic heterocycles. The molecular weight excluding hydrogens is 212 g/mol. The lowest BCUT2D eigenvalue weighted by molar-refractivity contribution is 0.0223. The van der Waals surface area contributed by atoms with E-state index in [4.69, 9.17) is 5.73 Å². The summed E-state index contributed by atoms with van der Waals surface area (Å²) < 4.78 is 0. The Morgan fingerprint density at radius 3 is 2.88 bits per heavy atom. The predicted octanol–water partition coefficient (Wildman–Crippen LogP) is 1.79. The van der Waals surface area contributed by atoms with Crippen molar-refractivity contribution in [1.29, 1.82) is 0 Å². The highest BCUT2D eigenvalue weighted by atomic mass is 16.3. The third kappa shape index (κ3) is 1.72. The van der Waals surface area contributed by atoms with Crippen molar-refractivity contribution >= 4 is 10.9 Å². The highest BCUT2D eigenvalue weighted by Gasteiger charge is 2.44. The van der Waals surface area contributed by atoms with Gasteiger partial charge in [-0.25, -0.2) is 0 Å². The number of benzene rings is 1. The Morgan fingerprint density at radius 1 is 1.35 bits per heavy atom. The third-order valence-electron chi connectivity index (χ3n) is 3.67. The number of pyridine rings is 1. The van der Waals surface area contributed by atoms with E-state index >= 15 is 0 Å². The third-order valence-corrected chi connectivity index (χ3v) is 3.67. The van der Waals surface area contributed by atoms with E-state index in [1.54, 1.807) is 6.20 Å². The van der Waals surface area contributed by atoms with Crippen molar-refractivity contribution in [2.45, 2.75) is 18.4 Å². The van der Waals surface area contributed by atoms with Crippen LogP contribution >= 0.6 is 0 Å². The van der Waals surface area contributed by atoms with Crippen LogP contribution in [0.5, 0.6) is 0 Å². The molecule has 1 saturated carbocycles. The number of hydrogen-bond acceptors (Lipinski definition) is 3. The molecule has 3 heteroatoms. The monoisotopic (exact) mass is 228 g/mol. The van der Waals surface area contributed by atoms with E-state index in [0.717, 1.165) is 29.3 Å². The number of fused-ring (bicyclic) bond motifs is 1. The molecule has 17 heavy (non-hydrogen) atoms. The summed E-state index contributed by atoms with van der Waals surface area (Å²) in [5.41, 5.74) is 6.77. The predicted molar refractivity (Wildman–Crippen MR) is 67.4 cm³/mol. The second-order valence-electron chi connectivity index (χ2n) is 4.81. The van der Waals surface area contributed by atoms with Gasteiger partial charge in [-0.2, -0.15) is 0 Å². The minimum Gasteiger partial charge on any atom is -0.384 e. The van der Waals surface area contributed by atoms with E-state index in [0.29, 0.717) is 5.92 Å². The summed E-state index contributed by atoms with van der Waals surface area (Å²) in [5.74, 6) is 0.321. The van der Waals surface area contributed by atoms with E-state index < -0.39 is 5.60 Å². The van der Waals surface area contributed by atoms with Crippen molar-refractivity contribution in [2.24, 2.45) is 11.7 Å². The molecule has 2 aromatic rings. The fraction of sp³-hybridized carbons (Fsp3) is 0.357. The molecule has 0 bridgehead atoms. The second-order valence-corrected chi connectivity index (χ2v) is 4.81. The SMILES string of the molecule is NCC(O)(c1ccc2ncccc2c1)C1CC1. The van der Waals surface area contributed by atoms with Crippen molar-refractivity contribution < 1.29 is 5.11 Å². The summed E-state index contributed by atoms with van der Waals surface area (Å²) in [4.78, 5) is 4.28. The topological polar surface area (TPSA) is 59.1 Å². The fourth-order valence-electron chi connectivity index (χ4n) is 2.43. The molecule has 3 rings (SSSR count). The molecule has 1 aliphatic rings. The summed E-state index contributed by atoms with van der Waals surface area (Å²) >= 11 is 0. The van der Waals surface area contributed by atoms with E-state index in [9.17, 15) is 5.11 Å². The van der Waals surface area contributed by atoms with Crippen molar-refractivity contribution in [3.8, 4) is 0 Å². The van der Waals surface area contributed by atoms with Gasteiger partial charge in [-0.15, -0.1) is 0 Å². The largest absolute Gasteiger partial charge is 0.384 e. The van der Waals surface area contributed by atoms with Crippen LogP contribution < -0.4 is 5.73 Å². The fourth-order valence-corrected chi connectivity index (χ4v) is 2.43. The molecule has 0 radical (unpaired) electrons. The van der Waals surface area contributed by atoms with E-state index in [1.165, 1.54) is 0 Å². The van der Waals surface area contributed by atoms with Crippen LogP contribution in [0.25, 0.3) is 10.9 Å². The summed E-state index contributed by atoms with van der Waals surface area (Å²) in [7, 11) is 0. The highest BCUT2D eigenvalue weighted by Crippen LogP contribution is 2.45. The molecule has 1 aromatic heterocycles. The van der Waals surface area contributed by atoms with Crippen molar-refractivity contribution in [1.82, 2.24) is 4.98 Å². The Balaban J connectivity index is 2.10. The number of hydrogen-bond donors (Lipinski definition) is 2. The van der Waals surface area contributed by atoms with Crippen molar-refractivity contribution in [3.05, 3.63) is 42.1 Å². The first-order valence-corrected chi connectivity index (χ1v) is 6.02. The van der Waals surface area contributed by atoms with Crippen LogP contribution in [0, 0.1) is 5.92 Å². The van der Waals surface area contributed by atoms with Gasteiger partial charge < -0.3 is 10.8 Å². The summed E-state index contributed by atoms with van der Waals surface area (Å²) in [6, 6.07) is 9.82. The van der Waals surface area contributed by atoms with Gasteiger partial charge >= 0.3 is 0 Å². The van der Waals surface area contributed by atoms with Crippen LogP contribution in [0.3, 0.4) is 0 Å². The van der Waals surface area contributed by atoms with E-state index in [-0.39, 0.29) is 6.54 Å². The molecule has 0 spiro atoms. The van der Waals surface area contributed by atoms with Crippen LogP contribution in [-0.4, -0.2) is 16.6 Å². The Labute approximate surface area is 100 Å². The van der Waals surface area contributed by atoms with Gasteiger partial charge in [0.05, 0.1) is 5.52 Å². The minimum atomic E-state index is -0.857. The van der Waals surface area contributed by atoms with E-state index in [2.05, 4.69) is 4.98 Å². The zero-order chi connectivity index (χ0) is 11.9. The van der Waals surface area contributed by atoms with Crippen LogP contribution in [0.4, 0.5) is 0 Å². The molecule has 88 valence electrons. The molecule has 1 fully saturated rings. The maximum absolute atomic E-state index is 10.6. The lowest BCUT2D eigenvalue weighted by Gasteiger charge is -2.27. The van der Waals surface area contributed by atoms with Gasteiger partial charge in [0.15, 0.2) is 0 Å². The van der Waals surface area contributed by atoms with E-state index in [1.807, 2.05) is 30.3 Å². The average Bonchev–Trinajstić information content (AvgIpc) is 3.22. The Morgan fingerprint density at radius 2 is 2.18 bits per heavy atom. The van der Waals surface area contributed by atoms with Gasteiger partial charge in [-0.3, -0.25) is 4.98 Å². The molecule has 0 saturated heterocycles. The van der Waals surface area contributed by atoms with Crippen molar-refractivity contribution in [3.63, 3.8) is 0 Å². The first-order valence-electron chi connectivity index (χ1n) is 6.02. The zero-order valence-corrected chi connectivity index (χ0v) is 9.63. The average molecular weight is 228 g/mol. The van der Waals surface area contributed by atoms with Crippen LogP contribution in [0.1, 0.15) is 18.4 Å². The lowest BCUT2D eigenvalue weighted by atomic mass is 9.88. The number of rotatable bonds is 3. The first-order chi connectivity index (χ1) is 8.24. The van der Waals surface area contributed by atoms with Gasteiger partial charge in [0.1, 0.15) is 5.60 Å².